The van der Waals surface area contributed by atoms with Gasteiger partial charge in [0.2, 0.25) is 5.79 Å². The van der Waals surface area contributed by atoms with Crippen molar-refractivity contribution in [1.82, 2.24) is 0 Å². The van der Waals surface area contributed by atoms with E-state index in [1.165, 1.54) is 0 Å². The Kier molecular flexibility index (Phi) is 4.91. The minimum Gasteiger partial charge on any atom is -0.472 e. The topological polar surface area (TPSA) is 57.9 Å². The lowest BCUT2D eigenvalue weighted by Crippen LogP contribution is -2.49. The molecular formula is C18H23BrO5. The lowest BCUT2D eigenvalue weighted by atomic mass is 9.70. The van der Waals surface area contributed by atoms with Gasteiger partial charge in [-0.15, -0.1) is 0 Å². The molecule has 2 atom stereocenters. The van der Waals surface area contributed by atoms with Crippen LogP contribution in [0.1, 0.15) is 31.4 Å². The molecule has 1 spiro atoms. The summed E-state index contributed by atoms with van der Waals surface area (Å²) in [6, 6.07) is 0. The zero-order valence-electron chi connectivity index (χ0n) is 14.3. The molecule has 132 valence electrons. The van der Waals surface area contributed by atoms with Crippen molar-refractivity contribution >= 4 is 21.9 Å². The lowest BCUT2D eigenvalue weighted by Gasteiger charge is -2.42. The molecule has 1 fully saturated rings. The number of hydrogen-bond acceptors (Lipinski definition) is 5. The highest BCUT2D eigenvalue weighted by Gasteiger charge is 2.53. The molecule has 24 heavy (non-hydrogen) atoms. The van der Waals surface area contributed by atoms with E-state index in [4.69, 9.17) is 18.6 Å². The Balaban J connectivity index is 2.01. The number of furan rings is 1. The van der Waals surface area contributed by atoms with Gasteiger partial charge in [0.15, 0.2) is 0 Å². The Morgan fingerprint density at radius 1 is 1.38 bits per heavy atom. The number of rotatable bonds is 4. The van der Waals surface area contributed by atoms with Crippen molar-refractivity contribution in [3.05, 3.63) is 35.3 Å². The van der Waals surface area contributed by atoms with Crippen LogP contribution in [-0.2, 0) is 25.4 Å². The third-order valence-electron chi connectivity index (χ3n) is 4.92. The number of ether oxygens (including phenoxy) is 3. The highest BCUT2D eigenvalue weighted by Crippen LogP contribution is 2.49. The van der Waals surface area contributed by atoms with Gasteiger partial charge in [0.05, 0.1) is 42.6 Å². The molecule has 0 radical (unpaired) electrons. The van der Waals surface area contributed by atoms with Crippen molar-refractivity contribution < 1.29 is 23.4 Å². The van der Waals surface area contributed by atoms with Crippen molar-refractivity contribution in [3.63, 3.8) is 0 Å². The van der Waals surface area contributed by atoms with Gasteiger partial charge in [-0.05, 0) is 56.4 Å². The first-order chi connectivity index (χ1) is 11.4. The summed E-state index contributed by atoms with van der Waals surface area (Å²) in [5.41, 5.74) is 2.33. The van der Waals surface area contributed by atoms with Crippen LogP contribution < -0.4 is 0 Å². The first-order valence-electron chi connectivity index (χ1n) is 8.24. The molecule has 2 heterocycles. The Morgan fingerprint density at radius 2 is 2.08 bits per heavy atom. The van der Waals surface area contributed by atoms with Crippen LogP contribution in [0.4, 0.5) is 0 Å². The van der Waals surface area contributed by atoms with E-state index >= 15 is 0 Å². The monoisotopic (exact) mass is 398 g/mol. The van der Waals surface area contributed by atoms with Crippen LogP contribution in [0.25, 0.3) is 0 Å². The van der Waals surface area contributed by atoms with Crippen molar-refractivity contribution in [2.24, 2.45) is 5.41 Å². The van der Waals surface area contributed by atoms with Gasteiger partial charge >= 0.3 is 5.97 Å². The zero-order valence-corrected chi connectivity index (χ0v) is 15.9. The number of hydrogen-bond donors (Lipinski definition) is 0. The van der Waals surface area contributed by atoms with Gasteiger partial charge in [0.25, 0.3) is 0 Å². The molecule has 0 N–H and O–H groups in total. The van der Waals surface area contributed by atoms with E-state index in [-0.39, 0.29) is 10.8 Å². The van der Waals surface area contributed by atoms with E-state index in [0.717, 1.165) is 16.7 Å². The summed E-state index contributed by atoms with van der Waals surface area (Å²) in [4.78, 5) is 12.6. The zero-order chi connectivity index (χ0) is 17.4. The Bertz CT molecular complexity index is 644. The molecule has 1 saturated heterocycles. The maximum Gasteiger partial charge on any atom is 0.315 e. The second kappa shape index (κ2) is 6.65. The van der Waals surface area contributed by atoms with Gasteiger partial charge in [-0.3, -0.25) is 4.79 Å². The van der Waals surface area contributed by atoms with E-state index in [1.54, 1.807) is 12.5 Å². The summed E-state index contributed by atoms with van der Waals surface area (Å²) < 4.78 is 22.4. The first-order valence-corrected chi connectivity index (χ1v) is 9.16. The van der Waals surface area contributed by atoms with E-state index in [2.05, 4.69) is 15.9 Å². The number of carbonyl (C=O) groups is 1. The van der Waals surface area contributed by atoms with Crippen LogP contribution in [0, 0.1) is 12.3 Å². The van der Waals surface area contributed by atoms with Crippen LogP contribution in [0.2, 0.25) is 0 Å². The second-order valence-corrected chi connectivity index (χ2v) is 7.67. The fourth-order valence-corrected chi connectivity index (χ4v) is 4.40. The van der Waals surface area contributed by atoms with E-state index < -0.39 is 11.2 Å². The maximum absolute atomic E-state index is 12.7. The fraction of sp³-hybridized carbons (Fsp3) is 0.611. The van der Waals surface area contributed by atoms with E-state index in [1.807, 2.05) is 26.8 Å². The highest BCUT2D eigenvalue weighted by atomic mass is 79.9. The van der Waals surface area contributed by atoms with Gasteiger partial charge in [-0.1, -0.05) is 15.9 Å². The van der Waals surface area contributed by atoms with Gasteiger partial charge in [0, 0.05) is 0 Å². The largest absolute Gasteiger partial charge is 0.472 e. The number of aryl methyl sites for hydroxylation is 1. The summed E-state index contributed by atoms with van der Waals surface area (Å²) in [6.07, 6.45) is 6.56. The highest BCUT2D eigenvalue weighted by molar-refractivity contribution is 9.09. The SMILES string of the molecule is CCOC(=O)C1(C)CC(Br)C2(C=C1Cc1cocc1C)OCCO2. The summed E-state index contributed by atoms with van der Waals surface area (Å²) in [6.45, 7) is 7.21. The summed E-state index contributed by atoms with van der Waals surface area (Å²) in [7, 11) is 0. The lowest BCUT2D eigenvalue weighted by molar-refractivity contribution is -0.158. The van der Waals surface area contributed by atoms with Gasteiger partial charge in [-0.25, -0.2) is 0 Å². The molecule has 0 saturated carbocycles. The normalized spacial score (nSPS) is 28.8. The molecule has 3 rings (SSSR count). The van der Waals surface area contributed by atoms with Crippen molar-refractivity contribution in [3.8, 4) is 0 Å². The summed E-state index contributed by atoms with van der Waals surface area (Å²) in [5, 5.41) is 0. The Labute approximate surface area is 150 Å². The molecule has 1 aliphatic carbocycles. The fourth-order valence-electron chi connectivity index (χ4n) is 3.36. The smallest absolute Gasteiger partial charge is 0.315 e. The number of halogens is 1. The third-order valence-corrected chi connectivity index (χ3v) is 5.88. The predicted molar refractivity (Wildman–Crippen MR) is 91.9 cm³/mol. The Hall–Kier alpha value is -1.11. The second-order valence-electron chi connectivity index (χ2n) is 6.57. The van der Waals surface area contributed by atoms with Crippen LogP contribution in [0.3, 0.4) is 0 Å². The minimum absolute atomic E-state index is 0.115. The van der Waals surface area contributed by atoms with E-state index in [9.17, 15) is 4.79 Å². The summed E-state index contributed by atoms with van der Waals surface area (Å²) in [5.74, 6) is -1.02. The van der Waals surface area contributed by atoms with E-state index in [0.29, 0.717) is 32.7 Å². The molecule has 1 aromatic rings. The maximum atomic E-state index is 12.7. The number of carbonyl (C=O) groups excluding carboxylic acids is 1. The van der Waals surface area contributed by atoms with Crippen LogP contribution >= 0.6 is 15.9 Å². The molecule has 1 aromatic heterocycles. The van der Waals surface area contributed by atoms with Crippen molar-refractivity contribution in [2.75, 3.05) is 19.8 Å². The van der Waals surface area contributed by atoms with Crippen LogP contribution in [-0.4, -0.2) is 36.4 Å². The molecule has 2 unspecified atom stereocenters. The molecule has 6 heteroatoms. The molecule has 1 aliphatic heterocycles. The van der Waals surface area contributed by atoms with Gasteiger partial charge in [0.1, 0.15) is 0 Å². The van der Waals surface area contributed by atoms with Crippen LogP contribution in [0.5, 0.6) is 0 Å². The standard InChI is InChI=1S/C18H23BrO5/c1-4-22-16(20)17(3)9-15(19)18(23-5-6-24-18)8-14(17)7-13-11-21-10-12(13)2/h8,10-11,15H,4-7,9H2,1-3H3. The predicted octanol–water partition coefficient (Wildman–Crippen LogP) is 3.54. The van der Waals surface area contributed by atoms with Gasteiger partial charge < -0.3 is 18.6 Å². The molecule has 2 aliphatic rings. The molecule has 0 amide bonds. The van der Waals surface area contributed by atoms with Crippen molar-refractivity contribution in [1.29, 1.82) is 0 Å². The molecule has 0 bridgehead atoms. The van der Waals surface area contributed by atoms with Crippen molar-refractivity contribution in [2.45, 2.75) is 44.2 Å². The third kappa shape index (κ3) is 2.95. The first kappa shape index (κ1) is 17.7. The number of alkyl halides is 1. The summed E-state index contributed by atoms with van der Waals surface area (Å²) >= 11 is 3.67. The number of esters is 1. The average Bonchev–Trinajstić information content (AvgIpc) is 3.16. The molecule has 5 nitrogen and oxygen atoms in total. The molecular weight excluding hydrogens is 376 g/mol. The quantitative estimate of drug-likeness (QED) is 0.441. The minimum atomic E-state index is -0.807. The van der Waals surface area contributed by atoms with Crippen LogP contribution in [0.15, 0.2) is 28.6 Å². The molecule has 0 aromatic carbocycles. The average molecular weight is 399 g/mol. The van der Waals surface area contributed by atoms with Gasteiger partial charge in [-0.2, -0.15) is 0 Å². The Morgan fingerprint density at radius 3 is 2.67 bits per heavy atom.